The van der Waals surface area contributed by atoms with Gasteiger partial charge in [0.2, 0.25) is 5.91 Å². The number of carbonyl (C=O) groups is 6. The molecule has 41 heavy (non-hydrogen) atoms. The fourth-order valence-electron chi connectivity index (χ4n) is 4.43. The molecule has 2 aliphatic heterocycles. The molecule has 0 unspecified atom stereocenters. The summed E-state index contributed by atoms with van der Waals surface area (Å²) in [6, 6.07) is 0. The smallest absolute Gasteiger partial charge is 0.317 e. The molecule has 0 radical (unpaired) electrons. The highest BCUT2D eigenvalue weighted by Gasteiger charge is 2.21. The Kier molecular flexibility index (Phi) is 17.3. The summed E-state index contributed by atoms with van der Waals surface area (Å²) in [4.78, 5) is 75.6. The third-order valence-corrected chi connectivity index (χ3v) is 6.54. The van der Waals surface area contributed by atoms with Crippen LogP contribution in [-0.4, -0.2) is 204 Å². The second kappa shape index (κ2) is 19.8. The Morgan fingerprint density at radius 1 is 0.463 bits per heavy atom. The van der Waals surface area contributed by atoms with Gasteiger partial charge in [-0.1, -0.05) is 0 Å². The average Bonchev–Trinajstić information content (AvgIpc) is 3.00. The number of hydrogen-bond donors (Lipinski definition) is 5. The predicted molar refractivity (Wildman–Crippen MR) is 144 cm³/mol. The van der Waals surface area contributed by atoms with Crippen LogP contribution < -0.4 is 5.73 Å². The maximum Gasteiger partial charge on any atom is 0.317 e. The zero-order chi connectivity index (χ0) is 30.8. The van der Waals surface area contributed by atoms with E-state index >= 15 is 0 Å². The van der Waals surface area contributed by atoms with Gasteiger partial charge in [0, 0.05) is 78.5 Å². The summed E-state index contributed by atoms with van der Waals surface area (Å²) in [6.07, 6.45) is 0.807. The molecule has 0 bridgehead atoms. The third-order valence-electron chi connectivity index (χ3n) is 6.54. The Labute approximate surface area is 238 Å². The fourth-order valence-corrected chi connectivity index (χ4v) is 4.43. The third kappa shape index (κ3) is 18.0. The molecular weight excluding hydrogens is 546 g/mol. The maximum absolute atomic E-state index is 11.0. The summed E-state index contributed by atoms with van der Waals surface area (Å²) in [5.41, 5.74) is 5.19. The first-order valence-corrected chi connectivity index (χ1v) is 13.3. The zero-order valence-corrected chi connectivity index (χ0v) is 23.3. The molecule has 0 spiro atoms. The van der Waals surface area contributed by atoms with Crippen LogP contribution in [0.3, 0.4) is 0 Å². The number of nitrogens with zero attached hydrogens (tertiary/aromatic N) is 6. The lowest BCUT2D eigenvalue weighted by atomic mass is 10.4. The molecule has 17 heteroatoms. The average molecular weight is 590 g/mol. The largest absolute Gasteiger partial charge is 0.480 e. The number of carboxylic acids is 4. The number of primary amides is 1. The summed E-state index contributed by atoms with van der Waals surface area (Å²) in [5, 5.41) is 35.5. The Balaban J connectivity index is 0.000000410. The van der Waals surface area contributed by atoms with Gasteiger partial charge >= 0.3 is 23.9 Å². The number of aldehydes is 1. The van der Waals surface area contributed by atoms with Gasteiger partial charge in [-0.2, -0.15) is 0 Å². The number of nitrogens with two attached hydrogens (primary N) is 1. The van der Waals surface area contributed by atoms with E-state index < -0.39 is 29.8 Å². The van der Waals surface area contributed by atoms with Crippen LogP contribution in [0.15, 0.2) is 0 Å². The molecule has 234 valence electrons. The molecule has 0 saturated carbocycles. The minimum absolute atomic E-state index is 0.0736. The highest BCUT2D eigenvalue weighted by molar-refractivity contribution is 5.76. The van der Waals surface area contributed by atoms with E-state index in [4.69, 9.17) is 26.2 Å². The van der Waals surface area contributed by atoms with E-state index in [1.165, 1.54) is 0 Å². The predicted octanol–water partition coefficient (Wildman–Crippen LogP) is -4.17. The van der Waals surface area contributed by atoms with Crippen molar-refractivity contribution in [1.29, 1.82) is 0 Å². The lowest BCUT2D eigenvalue weighted by Gasteiger charge is -2.23. The van der Waals surface area contributed by atoms with Gasteiger partial charge < -0.3 is 31.0 Å². The van der Waals surface area contributed by atoms with Crippen molar-refractivity contribution in [2.24, 2.45) is 5.73 Å². The Hall–Kier alpha value is -3.22. The minimum atomic E-state index is -0.930. The van der Waals surface area contributed by atoms with Crippen LogP contribution in [0, 0.1) is 0 Å². The highest BCUT2D eigenvalue weighted by Crippen LogP contribution is 2.02. The summed E-state index contributed by atoms with van der Waals surface area (Å²) in [5.74, 6) is -4.13. The molecule has 2 heterocycles. The molecule has 2 saturated heterocycles. The minimum Gasteiger partial charge on any atom is -0.480 e. The van der Waals surface area contributed by atoms with Gasteiger partial charge in [-0.25, -0.2) is 0 Å². The van der Waals surface area contributed by atoms with Gasteiger partial charge in [-0.05, 0) is 0 Å². The Morgan fingerprint density at radius 2 is 0.683 bits per heavy atom. The van der Waals surface area contributed by atoms with E-state index in [-0.39, 0.29) is 39.3 Å². The van der Waals surface area contributed by atoms with Gasteiger partial charge in [0.15, 0.2) is 0 Å². The van der Waals surface area contributed by atoms with Crippen LogP contribution in [0.5, 0.6) is 0 Å². The van der Waals surface area contributed by atoms with E-state index in [1.54, 1.807) is 19.6 Å². The van der Waals surface area contributed by atoms with E-state index in [1.807, 2.05) is 9.80 Å². The zero-order valence-electron chi connectivity index (χ0n) is 23.3. The van der Waals surface area contributed by atoms with Crippen LogP contribution in [0.1, 0.15) is 0 Å². The van der Waals surface area contributed by atoms with Gasteiger partial charge in [-0.3, -0.25) is 53.4 Å². The molecule has 2 fully saturated rings. The van der Waals surface area contributed by atoms with Gasteiger partial charge in [0.05, 0.1) is 39.3 Å². The molecule has 2 rings (SSSR count). The summed E-state index contributed by atoms with van der Waals surface area (Å²) in [6.45, 7) is 6.35. The number of hydrogen-bond acceptors (Lipinski definition) is 12. The van der Waals surface area contributed by atoms with Crippen LogP contribution in [-0.2, 0) is 28.8 Å². The maximum atomic E-state index is 11.0. The Bertz CT molecular complexity index is 781. The van der Waals surface area contributed by atoms with Crippen LogP contribution >= 0.6 is 0 Å². The van der Waals surface area contributed by atoms with Crippen molar-refractivity contribution in [2.75, 3.05) is 118 Å². The van der Waals surface area contributed by atoms with Gasteiger partial charge in [0.25, 0.3) is 0 Å². The van der Waals surface area contributed by atoms with Crippen molar-refractivity contribution >= 4 is 36.1 Å². The topological polar surface area (TPSA) is 229 Å². The number of carbonyl (C=O) groups excluding carboxylic acids is 2. The van der Waals surface area contributed by atoms with Crippen LogP contribution in [0.4, 0.5) is 0 Å². The van der Waals surface area contributed by atoms with Gasteiger partial charge in [-0.15, -0.1) is 0 Å². The first kappa shape index (κ1) is 35.8. The van der Waals surface area contributed by atoms with Crippen LogP contribution in [0.2, 0.25) is 0 Å². The van der Waals surface area contributed by atoms with Crippen molar-refractivity contribution in [3.63, 3.8) is 0 Å². The second-order valence-corrected chi connectivity index (χ2v) is 9.89. The van der Waals surface area contributed by atoms with Crippen molar-refractivity contribution < 1.29 is 49.2 Å². The Morgan fingerprint density at radius 3 is 0.878 bits per heavy atom. The summed E-state index contributed by atoms with van der Waals surface area (Å²) < 4.78 is 0. The fraction of sp³-hybridized carbons (Fsp3) is 0.750. The lowest BCUT2D eigenvalue weighted by molar-refractivity contribution is -0.140. The molecule has 0 aromatic rings. The van der Waals surface area contributed by atoms with Gasteiger partial charge in [0.1, 0.15) is 6.29 Å². The van der Waals surface area contributed by atoms with Crippen molar-refractivity contribution in [3.8, 4) is 0 Å². The van der Waals surface area contributed by atoms with E-state index in [0.29, 0.717) is 78.5 Å². The number of aliphatic carboxylic acids is 4. The quantitative estimate of drug-likeness (QED) is 0.136. The number of amides is 1. The van der Waals surface area contributed by atoms with Crippen molar-refractivity contribution in [2.45, 2.75) is 0 Å². The molecule has 0 aromatic heterocycles. The molecule has 0 aliphatic carbocycles. The SMILES string of the molecule is NC(=O)CN1CCN(CC(=O)O)CCN(CC(=O)O)CC1.O=CCN1CCN(CC(=O)O)CCN(CC(=O)O)CC1. The molecule has 6 N–H and O–H groups in total. The second-order valence-electron chi connectivity index (χ2n) is 9.89. The van der Waals surface area contributed by atoms with E-state index in [9.17, 15) is 28.8 Å². The first-order chi connectivity index (χ1) is 19.4. The molecule has 17 nitrogen and oxygen atoms in total. The lowest BCUT2D eigenvalue weighted by Crippen LogP contribution is -2.41. The monoisotopic (exact) mass is 589 g/mol. The number of rotatable bonds is 12. The molecule has 0 aromatic carbocycles. The highest BCUT2D eigenvalue weighted by atomic mass is 16.4. The normalized spacial score (nSPS) is 19.6. The molecule has 1 amide bonds. The molecule has 0 atom stereocenters. The van der Waals surface area contributed by atoms with Crippen molar-refractivity contribution in [3.05, 3.63) is 0 Å². The van der Waals surface area contributed by atoms with Crippen molar-refractivity contribution in [1.82, 2.24) is 29.4 Å². The standard InChI is InChI=1S/C12H22N4O5.C12H21N3O5/c13-10(17)7-14-1-3-15(8-11(18)19)5-6-16(4-2-14)9-12(20)21;16-8-7-13-1-3-14(9-11(17)18)5-6-15(4-2-13)10-12(19)20/h1-9H2,(H2,13,17)(H,18,19)(H,20,21);8H,1-7,9-10H2,(H,17,18)(H,19,20). The first-order valence-electron chi connectivity index (χ1n) is 13.3. The summed E-state index contributed by atoms with van der Waals surface area (Å²) in [7, 11) is 0. The van der Waals surface area contributed by atoms with E-state index in [2.05, 4.69) is 0 Å². The number of carboxylic acid groups (broad SMARTS) is 4. The molecule has 2 aliphatic rings. The molecular formula is C24H43N7O10. The summed E-state index contributed by atoms with van der Waals surface area (Å²) >= 11 is 0. The van der Waals surface area contributed by atoms with E-state index in [0.717, 1.165) is 6.29 Å². The van der Waals surface area contributed by atoms with Crippen LogP contribution in [0.25, 0.3) is 0 Å².